The number of nitrogens with one attached hydrogen (secondary N) is 1. The minimum absolute atomic E-state index is 0.0979. The third-order valence-corrected chi connectivity index (χ3v) is 5.86. The van der Waals surface area contributed by atoms with Crippen LogP contribution in [-0.2, 0) is 25.9 Å². The summed E-state index contributed by atoms with van der Waals surface area (Å²) in [6, 6.07) is 8.12. The minimum atomic E-state index is 0.0979. The number of aliphatic hydroxyl groups is 1. The van der Waals surface area contributed by atoms with Crippen molar-refractivity contribution in [2.45, 2.75) is 38.7 Å². The van der Waals surface area contributed by atoms with Crippen LogP contribution in [-0.4, -0.2) is 21.6 Å². The fourth-order valence-electron chi connectivity index (χ4n) is 3.36. The van der Waals surface area contributed by atoms with Crippen LogP contribution < -0.4 is 5.32 Å². The maximum atomic E-state index is 9.10. The molecule has 5 heteroatoms. The number of hydrogen-bond donors (Lipinski definition) is 2. The van der Waals surface area contributed by atoms with Crippen molar-refractivity contribution in [3.8, 4) is 0 Å². The number of aromatic nitrogens is 2. The fraction of sp³-hybridized carbons (Fsp3) is 0.368. The van der Waals surface area contributed by atoms with Gasteiger partial charge in [0.05, 0.1) is 12.0 Å². The van der Waals surface area contributed by atoms with Gasteiger partial charge in [-0.05, 0) is 48.8 Å². The number of rotatable bonds is 5. The number of nitrogens with zero attached hydrogens (tertiary/aromatic N) is 2. The van der Waals surface area contributed by atoms with Gasteiger partial charge in [0.2, 0.25) is 0 Å². The van der Waals surface area contributed by atoms with E-state index in [1.54, 1.807) is 6.33 Å². The summed E-state index contributed by atoms with van der Waals surface area (Å²) >= 11 is 1.83. The summed E-state index contributed by atoms with van der Waals surface area (Å²) in [6.45, 7) is 0.940. The average Bonchev–Trinajstić information content (AvgIpc) is 3.02. The van der Waals surface area contributed by atoms with E-state index in [2.05, 4.69) is 27.4 Å². The van der Waals surface area contributed by atoms with Crippen LogP contribution in [0.4, 0.5) is 5.82 Å². The Labute approximate surface area is 145 Å². The van der Waals surface area contributed by atoms with E-state index < -0.39 is 0 Å². The van der Waals surface area contributed by atoms with E-state index in [1.807, 2.05) is 23.5 Å². The highest BCUT2D eigenvalue weighted by molar-refractivity contribution is 7.19. The van der Waals surface area contributed by atoms with E-state index >= 15 is 0 Å². The summed E-state index contributed by atoms with van der Waals surface area (Å²) in [5.74, 6) is 0.978. The van der Waals surface area contributed by atoms with Gasteiger partial charge in [-0.15, -0.1) is 11.3 Å². The summed E-state index contributed by atoms with van der Waals surface area (Å²) < 4.78 is 0. The second kappa shape index (κ2) is 6.87. The van der Waals surface area contributed by atoms with Gasteiger partial charge in [-0.25, -0.2) is 9.97 Å². The highest BCUT2D eigenvalue weighted by Gasteiger charge is 2.19. The maximum Gasteiger partial charge on any atom is 0.138 e. The second-order valence-corrected chi connectivity index (χ2v) is 7.35. The van der Waals surface area contributed by atoms with Gasteiger partial charge in [-0.3, -0.25) is 0 Å². The van der Waals surface area contributed by atoms with Crippen LogP contribution in [0, 0.1) is 0 Å². The lowest BCUT2D eigenvalue weighted by Crippen LogP contribution is -2.08. The van der Waals surface area contributed by atoms with Crippen molar-refractivity contribution in [2.24, 2.45) is 0 Å². The molecule has 4 nitrogen and oxygen atoms in total. The molecular weight excluding hydrogens is 318 g/mol. The zero-order chi connectivity index (χ0) is 16.4. The van der Waals surface area contributed by atoms with E-state index in [4.69, 9.17) is 5.11 Å². The summed E-state index contributed by atoms with van der Waals surface area (Å²) in [6.07, 6.45) is 7.50. The minimum Gasteiger partial charge on any atom is -0.392 e. The zero-order valence-electron chi connectivity index (χ0n) is 13.6. The molecule has 1 aromatic carbocycles. The van der Waals surface area contributed by atoms with Gasteiger partial charge < -0.3 is 10.4 Å². The number of fused-ring (bicyclic) bond motifs is 3. The molecule has 0 saturated heterocycles. The number of hydrogen-bond acceptors (Lipinski definition) is 5. The Kier molecular flexibility index (Phi) is 4.45. The molecule has 4 rings (SSSR count). The number of thiophene rings is 1. The van der Waals surface area contributed by atoms with Crippen molar-refractivity contribution in [1.82, 2.24) is 9.97 Å². The molecule has 0 unspecified atom stereocenters. The molecule has 0 spiro atoms. The first-order chi connectivity index (χ1) is 11.8. The zero-order valence-corrected chi connectivity index (χ0v) is 14.4. The highest BCUT2D eigenvalue weighted by atomic mass is 32.1. The largest absolute Gasteiger partial charge is 0.392 e. The fourth-order valence-corrected chi connectivity index (χ4v) is 4.59. The molecule has 2 N–H and O–H groups in total. The lowest BCUT2D eigenvalue weighted by Gasteiger charge is -2.12. The molecule has 3 aromatic rings. The molecule has 1 aliphatic carbocycles. The number of benzene rings is 1. The Hall–Kier alpha value is -1.98. The van der Waals surface area contributed by atoms with Gasteiger partial charge in [0.25, 0.3) is 0 Å². The van der Waals surface area contributed by atoms with E-state index in [0.29, 0.717) is 0 Å². The van der Waals surface area contributed by atoms with Gasteiger partial charge in [0, 0.05) is 11.4 Å². The van der Waals surface area contributed by atoms with Crippen LogP contribution in [0.15, 0.2) is 30.6 Å². The molecular formula is C19H21N3OS. The maximum absolute atomic E-state index is 9.10. The molecule has 2 heterocycles. The predicted octanol–water partition coefficient (Wildman–Crippen LogP) is 3.72. The smallest absolute Gasteiger partial charge is 0.138 e. The molecule has 124 valence electrons. The predicted molar refractivity (Wildman–Crippen MR) is 98.6 cm³/mol. The van der Waals surface area contributed by atoms with Gasteiger partial charge >= 0.3 is 0 Å². The van der Waals surface area contributed by atoms with E-state index in [1.165, 1.54) is 40.7 Å². The first kappa shape index (κ1) is 15.5. The molecule has 0 amide bonds. The molecule has 0 bridgehead atoms. The van der Waals surface area contributed by atoms with Crippen LogP contribution in [0.3, 0.4) is 0 Å². The van der Waals surface area contributed by atoms with Crippen LogP contribution in [0.1, 0.15) is 34.4 Å². The van der Waals surface area contributed by atoms with Crippen LogP contribution in [0.2, 0.25) is 0 Å². The quantitative estimate of drug-likeness (QED) is 0.744. The van der Waals surface area contributed by atoms with Gasteiger partial charge in [0.1, 0.15) is 17.0 Å². The van der Waals surface area contributed by atoms with Crippen molar-refractivity contribution < 1.29 is 5.11 Å². The summed E-state index contributed by atoms with van der Waals surface area (Å²) in [5.41, 5.74) is 3.68. The van der Waals surface area contributed by atoms with Gasteiger partial charge in [0.15, 0.2) is 0 Å². The number of aliphatic hydroxyl groups excluding tert-OH is 1. The summed E-state index contributed by atoms with van der Waals surface area (Å²) in [4.78, 5) is 11.6. The average molecular weight is 339 g/mol. The third-order valence-electron chi connectivity index (χ3n) is 4.66. The summed E-state index contributed by atoms with van der Waals surface area (Å²) in [7, 11) is 0. The first-order valence-corrected chi connectivity index (χ1v) is 9.34. The lowest BCUT2D eigenvalue weighted by molar-refractivity contribution is 0.282. The highest BCUT2D eigenvalue weighted by Crippen LogP contribution is 2.38. The first-order valence-electron chi connectivity index (χ1n) is 8.53. The Morgan fingerprint density at radius 2 is 1.83 bits per heavy atom. The third kappa shape index (κ3) is 3.01. The molecule has 0 saturated carbocycles. The van der Waals surface area contributed by atoms with Crippen LogP contribution >= 0.6 is 11.3 Å². The molecule has 1 aliphatic rings. The van der Waals surface area contributed by atoms with E-state index in [9.17, 15) is 0 Å². The molecule has 0 fully saturated rings. The Balaban J connectivity index is 1.50. The van der Waals surface area contributed by atoms with Crippen LogP contribution in [0.25, 0.3) is 10.2 Å². The standard InChI is InChI=1S/C19H21N3OS/c23-11-14-7-5-13(6-8-14)9-10-20-18-17-15-3-1-2-4-16(15)24-19(17)22-12-21-18/h5-8,12,23H,1-4,9-11H2,(H,20,21,22). The van der Waals surface area contributed by atoms with Crippen molar-refractivity contribution in [2.75, 3.05) is 11.9 Å². The van der Waals surface area contributed by atoms with Gasteiger partial charge in [-0.1, -0.05) is 24.3 Å². The Morgan fingerprint density at radius 1 is 1.04 bits per heavy atom. The van der Waals surface area contributed by atoms with Gasteiger partial charge in [-0.2, -0.15) is 0 Å². The molecule has 24 heavy (non-hydrogen) atoms. The van der Waals surface area contributed by atoms with Crippen molar-refractivity contribution >= 4 is 27.4 Å². The van der Waals surface area contributed by atoms with Crippen LogP contribution in [0.5, 0.6) is 0 Å². The van der Waals surface area contributed by atoms with Crippen molar-refractivity contribution in [1.29, 1.82) is 0 Å². The molecule has 0 atom stereocenters. The molecule has 0 aliphatic heterocycles. The normalized spacial score (nSPS) is 13.9. The SMILES string of the molecule is OCc1ccc(CCNc2ncnc3sc4c(c23)CCCC4)cc1. The van der Waals surface area contributed by atoms with E-state index in [-0.39, 0.29) is 6.61 Å². The topological polar surface area (TPSA) is 58.0 Å². The Bertz CT molecular complexity index is 842. The van der Waals surface area contributed by atoms with Crippen molar-refractivity contribution in [3.05, 3.63) is 52.2 Å². The Morgan fingerprint density at radius 3 is 2.67 bits per heavy atom. The van der Waals surface area contributed by atoms with E-state index in [0.717, 1.165) is 35.6 Å². The summed E-state index contributed by atoms with van der Waals surface area (Å²) in [5, 5.41) is 13.9. The second-order valence-electron chi connectivity index (χ2n) is 6.26. The number of anilines is 1. The molecule has 2 aromatic heterocycles. The van der Waals surface area contributed by atoms with Crippen molar-refractivity contribution in [3.63, 3.8) is 0 Å². The number of aryl methyl sites for hydroxylation is 2. The monoisotopic (exact) mass is 339 g/mol. The molecule has 0 radical (unpaired) electrons. The lowest BCUT2D eigenvalue weighted by atomic mass is 9.97.